The van der Waals surface area contributed by atoms with Gasteiger partial charge in [0.2, 0.25) is 5.70 Å². The second kappa shape index (κ2) is 8.71. The highest BCUT2D eigenvalue weighted by Crippen LogP contribution is 2.51. The number of rotatable bonds is 2. The van der Waals surface area contributed by atoms with Crippen LogP contribution < -0.4 is 4.90 Å². The first-order valence-corrected chi connectivity index (χ1v) is 14.6. The Bertz CT molecular complexity index is 1490. The minimum atomic E-state index is 0.121. The molecule has 1 atom stereocenters. The van der Waals surface area contributed by atoms with Crippen molar-refractivity contribution in [3.8, 4) is 0 Å². The van der Waals surface area contributed by atoms with Crippen LogP contribution in [-0.2, 0) is 12.8 Å². The third-order valence-electron chi connectivity index (χ3n) is 8.99. The number of fused-ring (bicyclic) bond motifs is 2. The normalized spacial score (nSPS) is 23.5. The van der Waals surface area contributed by atoms with E-state index in [9.17, 15) is 0 Å². The minimum Gasteiger partial charge on any atom is -0.371 e. The van der Waals surface area contributed by atoms with E-state index in [0.717, 1.165) is 39.3 Å². The maximum atomic E-state index is 8.08. The average Bonchev–Trinajstić information content (AvgIpc) is 3.32. The van der Waals surface area contributed by atoms with Gasteiger partial charge in [0.15, 0.2) is 0 Å². The summed E-state index contributed by atoms with van der Waals surface area (Å²) < 4.78 is 1.15. The molecule has 7 rings (SSSR count). The van der Waals surface area contributed by atoms with Crippen molar-refractivity contribution in [3.63, 3.8) is 0 Å². The van der Waals surface area contributed by atoms with E-state index >= 15 is 0 Å². The van der Waals surface area contributed by atoms with Gasteiger partial charge in [0.05, 0.1) is 16.8 Å². The second-order valence-electron chi connectivity index (χ2n) is 11.9. The number of hydrogen-bond acceptors (Lipinski definition) is 3. The van der Waals surface area contributed by atoms with Crippen LogP contribution >= 0.6 is 11.3 Å². The predicted molar refractivity (Wildman–Crippen MR) is 156 cm³/mol. The van der Waals surface area contributed by atoms with Crippen molar-refractivity contribution >= 4 is 38.5 Å². The summed E-state index contributed by atoms with van der Waals surface area (Å²) in [5.74, 6) is 0.536. The highest BCUT2D eigenvalue weighted by Gasteiger charge is 2.38. The molecule has 0 saturated carbocycles. The Labute approximate surface area is 224 Å². The van der Waals surface area contributed by atoms with E-state index in [-0.39, 0.29) is 5.41 Å². The van der Waals surface area contributed by atoms with Crippen LogP contribution in [-0.4, -0.2) is 18.1 Å². The summed E-state index contributed by atoms with van der Waals surface area (Å²) in [7, 11) is 0. The number of hydrogen-bond donors (Lipinski definition) is 0. The molecule has 3 aromatic rings. The molecule has 0 fully saturated rings. The fourth-order valence-corrected chi connectivity index (χ4v) is 8.28. The largest absolute Gasteiger partial charge is 0.371 e. The fourth-order valence-electron chi connectivity index (χ4n) is 7.29. The molecule has 37 heavy (non-hydrogen) atoms. The van der Waals surface area contributed by atoms with Crippen molar-refractivity contribution in [1.29, 1.82) is 0 Å². The zero-order valence-corrected chi connectivity index (χ0v) is 22.6. The third-order valence-corrected chi connectivity index (χ3v) is 10.0. The van der Waals surface area contributed by atoms with Crippen LogP contribution in [0.3, 0.4) is 0 Å². The molecule has 0 saturated heterocycles. The molecule has 1 aromatic heterocycles. The number of nitrogens with zero attached hydrogens (tertiary/aromatic N) is 3. The van der Waals surface area contributed by atoms with Gasteiger partial charge < -0.3 is 4.90 Å². The van der Waals surface area contributed by atoms with Crippen molar-refractivity contribution in [2.45, 2.75) is 58.8 Å². The van der Waals surface area contributed by atoms with E-state index in [1.807, 2.05) is 18.2 Å². The molecular weight excluding hydrogens is 470 g/mol. The summed E-state index contributed by atoms with van der Waals surface area (Å²) >= 11 is 1.64. The Morgan fingerprint density at radius 1 is 1.05 bits per heavy atom. The smallest absolute Gasteiger partial charge is 0.225 e. The summed E-state index contributed by atoms with van der Waals surface area (Å²) in [6, 6.07) is 13.2. The van der Waals surface area contributed by atoms with Gasteiger partial charge in [0.25, 0.3) is 0 Å². The Hall–Kier alpha value is -3.16. The molecule has 0 bridgehead atoms. The van der Waals surface area contributed by atoms with Crippen molar-refractivity contribution < 1.29 is 0 Å². The van der Waals surface area contributed by atoms with Crippen molar-refractivity contribution in [2.24, 2.45) is 11.3 Å². The fraction of sp³-hybridized carbons (Fsp3) is 0.394. The minimum absolute atomic E-state index is 0.121. The molecular formula is C33H33N3S. The number of aryl methyl sites for hydroxylation is 2. The average molecular weight is 504 g/mol. The molecule has 4 aliphatic rings. The first-order valence-electron chi connectivity index (χ1n) is 13.8. The molecule has 0 N–H and O–H groups in total. The van der Waals surface area contributed by atoms with Gasteiger partial charge in [-0.05, 0) is 114 Å². The number of aromatic nitrogens is 1. The molecule has 3 nitrogen and oxygen atoms in total. The van der Waals surface area contributed by atoms with Gasteiger partial charge in [0.1, 0.15) is 5.01 Å². The summed E-state index contributed by atoms with van der Waals surface area (Å²) in [4.78, 5) is 11.5. The van der Waals surface area contributed by atoms with Gasteiger partial charge in [0, 0.05) is 18.8 Å². The number of anilines is 1. The molecule has 0 amide bonds. The van der Waals surface area contributed by atoms with Gasteiger partial charge in [-0.15, -0.1) is 11.3 Å². The van der Waals surface area contributed by atoms with Gasteiger partial charge in [-0.3, -0.25) is 0 Å². The Kier molecular flexibility index (Phi) is 5.41. The molecule has 2 aromatic carbocycles. The topological polar surface area (TPSA) is 20.5 Å². The SMILES string of the molecule is [C-]#[N+]C(=C1C=C2C=C(c3cc4c5c(c3)CCCN5CCC4)CCC2C(C)(C)C1)c1nc2ccccc2s1. The lowest BCUT2D eigenvalue weighted by Gasteiger charge is -2.42. The van der Waals surface area contributed by atoms with Crippen molar-refractivity contribution in [1.82, 2.24) is 4.98 Å². The molecule has 0 spiro atoms. The quantitative estimate of drug-likeness (QED) is 0.327. The number of allylic oxidation sites excluding steroid dienone is 5. The van der Waals surface area contributed by atoms with E-state index in [0.29, 0.717) is 5.92 Å². The number of para-hydroxylation sites is 1. The van der Waals surface area contributed by atoms with Crippen LogP contribution in [0.2, 0.25) is 0 Å². The highest BCUT2D eigenvalue weighted by molar-refractivity contribution is 7.19. The Balaban J connectivity index is 1.32. The van der Waals surface area contributed by atoms with E-state index in [4.69, 9.17) is 11.6 Å². The van der Waals surface area contributed by atoms with Crippen molar-refractivity contribution in [3.05, 3.63) is 92.8 Å². The number of benzene rings is 2. The molecule has 0 radical (unpaired) electrons. The third kappa shape index (κ3) is 3.87. The summed E-state index contributed by atoms with van der Waals surface area (Å²) in [6.07, 6.45) is 13.0. The molecule has 1 unspecified atom stereocenters. The summed E-state index contributed by atoms with van der Waals surface area (Å²) in [5, 5.41) is 0.857. The van der Waals surface area contributed by atoms with Gasteiger partial charge in [-0.25, -0.2) is 9.83 Å². The van der Waals surface area contributed by atoms with Crippen LogP contribution in [0.1, 0.15) is 67.6 Å². The van der Waals surface area contributed by atoms with Crippen LogP contribution in [0.15, 0.2) is 59.7 Å². The number of thiazole rings is 1. The second-order valence-corrected chi connectivity index (χ2v) is 12.9. The van der Waals surface area contributed by atoms with Crippen LogP contribution in [0.4, 0.5) is 5.69 Å². The maximum Gasteiger partial charge on any atom is 0.225 e. The lowest BCUT2D eigenvalue weighted by atomic mass is 9.62. The lowest BCUT2D eigenvalue weighted by molar-refractivity contribution is 0.228. The molecule has 2 aliphatic carbocycles. The molecule has 4 heteroatoms. The monoisotopic (exact) mass is 503 g/mol. The zero-order chi connectivity index (χ0) is 25.1. The highest BCUT2D eigenvalue weighted by atomic mass is 32.1. The van der Waals surface area contributed by atoms with E-state index in [1.165, 1.54) is 61.9 Å². The standard InChI is InChI=1S/C33H33N3S/c1-33(2)20-26(30(34-3)32-35-28-10-4-5-11-29(28)37-32)19-25-16-21(12-13-27(25)33)24-17-22-8-6-14-36-15-7-9-23(18-24)31(22)36/h4-5,10-11,16-19,27H,6-9,12-15,20H2,1-2H3. The molecule has 3 heterocycles. The molecule has 186 valence electrons. The van der Waals surface area contributed by atoms with E-state index in [2.05, 4.69) is 53.9 Å². The van der Waals surface area contributed by atoms with Gasteiger partial charge in [-0.1, -0.05) is 38.1 Å². The van der Waals surface area contributed by atoms with E-state index in [1.54, 1.807) is 28.2 Å². The first-order chi connectivity index (χ1) is 18.0. The van der Waals surface area contributed by atoms with Crippen LogP contribution in [0, 0.1) is 17.9 Å². The lowest BCUT2D eigenvalue weighted by Crippen LogP contribution is -2.34. The van der Waals surface area contributed by atoms with Gasteiger partial charge >= 0.3 is 0 Å². The molecule has 2 aliphatic heterocycles. The van der Waals surface area contributed by atoms with Crippen molar-refractivity contribution in [2.75, 3.05) is 18.0 Å². The summed E-state index contributed by atoms with van der Waals surface area (Å²) in [5.41, 5.74) is 12.0. The summed E-state index contributed by atoms with van der Waals surface area (Å²) in [6.45, 7) is 15.3. The predicted octanol–water partition coefficient (Wildman–Crippen LogP) is 8.48. The first kappa shape index (κ1) is 23.0. The zero-order valence-electron chi connectivity index (χ0n) is 21.8. The van der Waals surface area contributed by atoms with E-state index < -0.39 is 0 Å². The van der Waals surface area contributed by atoms with Crippen LogP contribution in [0.25, 0.3) is 26.3 Å². The maximum absolute atomic E-state index is 8.08. The Morgan fingerprint density at radius 2 is 1.81 bits per heavy atom. The Morgan fingerprint density at radius 3 is 2.54 bits per heavy atom. The van der Waals surface area contributed by atoms with Gasteiger partial charge in [-0.2, -0.15) is 0 Å². The van der Waals surface area contributed by atoms with Crippen LogP contribution in [0.5, 0.6) is 0 Å².